The highest BCUT2D eigenvalue weighted by Crippen LogP contribution is 2.31. The molecule has 1 saturated heterocycles. The maximum Gasteiger partial charge on any atom is 0.152 e. The average molecular weight is 314 g/mol. The number of nitrogens with one attached hydrogen (secondary N) is 1. The van der Waals surface area contributed by atoms with Crippen LogP contribution < -0.4 is 10.2 Å². The van der Waals surface area contributed by atoms with Crippen molar-refractivity contribution in [3.05, 3.63) is 29.6 Å². The molecule has 1 N–H and O–H groups in total. The number of anilines is 1. The van der Waals surface area contributed by atoms with E-state index in [1.165, 1.54) is 6.07 Å². The second-order valence-corrected chi connectivity index (χ2v) is 7.85. The summed E-state index contributed by atoms with van der Waals surface area (Å²) in [6.07, 6.45) is 0.602. The summed E-state index contributed by atoms with van der Waals surface area (Å²) in [5.74, 6) is 0.110. The highest BCUT2D eigenvalue weighted by Gasteiger charge is 2.32. The molecule has 0 amide bonds. The third-order valence-corrected chi connectivity index (χ3v) is 5.86. The molecule has 118 valence electrons. The Morgan fingerprint density at radius 1 is 1.48 bits per heavy atom. The third kappa shape index (κ3) is 3.55. The van der Waals surface area contributed by atoms with Crippen molar-refractivity contribution in [2.24, 2.45) is 0 Å². The van der Waals surface area contributed by atoms with Gasteiger partial charge < -0.3 is 10.2 Å². The first-order valence-electron chi connectivity index (χ1n) is 7.30. The molecule has 1 aliphatic rings. The van der Waals surface area contributed by atoms with Crippen LogP contribution in [-0.4, -0.2) is 39.6 Å². The molecule has 6 heteroatoms. The fraction of sp³-hybridized carbons (Fsp3) is 0.600. The summed E-state index contributed by atoms with van der Waals surface area (Å²) < 4.78 is 37.5. The van der Waals surface area contributed by atoms with Crippen molar-refractivity contribution >= 4 is 15.5 Å². The van der Waals surface area contributed by atoms with Gasteiger partial charge >= 0.3 is 0 Å². The predicted octanol–water partition coefficient (Wildman–Crippen LogP) is 2.12. The number of nitrogens with zero attached hydrogens (tertiary/aromatic N) is 1. The second-order valence-electron chi connectivity index (χ2n) is 5.62. The Bertz CT molecular complexity index is 604. The smallest absolute Gasteiger partial charge is 0.152 e. The monoisotopic (exact) mass is 314 g/mol. The maximum atomic E-state index is 14.2. The van der Waals surface area contributed by atoms with Gasteiger partial charge in [-0.25, -0.2) is 12.8 Å². The standard InChI is InChI=1S/C15H23FN2O2S/c1-4-17-11(2)15-13(16)6-5-7-14(15)18(3)12-8-9-21(19,20)10-12/h5-7,11-12,17H,4,8-10H2,1-3H3. The Labute approximate surface area is 126 Å². The number of rotatable bonds is 5. The molecule has 0 spiro atoms. The Morgan fingerprint density at radius 2 is 2.19 bits per heavy atom. The molecule has 2 atom stereocenters. The van der Waals surface area contributed by atoms with Gasteiger partial charge in [-0.3, -0.25) is 0 Å². The zero-order valence-electron chi connectivity index (χ0n) is 12.8. The average Bonchev–Trinajstić information content (AvgIpc) is 2.78. The topological polar surface area (TPSA) is 49.4 Å². The lowest BCUT2D eigenvalue weighted by atomic mass is 10.0. The molecule has 1 aliphatic heterocycles. The normalized spacial score (nSPS) is 22.2. The van der Waals surface area contributed by atoms with Crippen LogP contribution in [0, 0.1) is 5.82 Å². The molecule has 0 bridgehead atoms. The SMILES string of the molecule is CCNC(C)c1c(F)cccc1N(C)C1CCS(=O)(=O)C1. The van der Waals surface area contributed by atoms with Crippen molar-refractivity contribution < 1.29 is 12.8 Å². The number of hydrogen-bond acceptors (Lipinski definition) is 4. The van der Waals surface area contributed by atoms with Crippen LogP contribution in [0.25, 0.3) is 0 Å². The molecular weight excluding hydrogens is 291 g/mol. The van der Waals surface area contributed by atoms with Gasteiger partial charge in [-0.05, 0) is 32.0 Å². The fourth-order valence-electron chi connectivity index (χ4n) is 2.95. The maximum absolute atomic E-state index is 14.2. The van der Waals surface area contributed by atoms with Crippen LogP contribution in [0.3, 0.4) is 0 Å². The predicted molar refractivity (Wildman–Crippen MR) is 84.0 cm³/mol. The molecule has 2 unspecified atom stereocenters. The molecule has 0 radical (unpaired) electrons. The number of sulfone groups is 1. The van der Waals surface area contributed by atoms with Crippen LogP contribution in [0.1, 0.15) is 31.9 Å². The summed E-state index contributed by atoms with van der Waals surface area (Å²) in [5, 5.41) is 3.22. The van der Waals surface area contributed by atoms with Gasteiger partial charge in [0.1, 0.15) is 5.82 Å². The summed E-state index contributed by atoms with van der Waals surface area (Å²) in [6, 6.07) is 4.78. The van der Waals surface area contributed by atoms with E-state index >= 15 is 0 Å². The van der Waals surface area contributed by atoms with E-state index in [1.807, 2.05) is 31.9 Å². The Morgan fingerprint density at radius 3 is 2.76 bits per heavy atom. The van der Waals surface area contributed by atoms with E-state index in [4.69, 9.17) is 0 Å². The lowest BCUT2D eigenvalue weighted by Crippen LogP contribution is -2.34. The molecule has 21 heavy (non-hydrogen) atoms. The highest BCUT2D eigenvalue weighted by atomic mass is 32.2. The van der Waals surface area contributed by atoms with Gasteiger partial charge in [-0.1, -0.05) is 13.0 Å². The first-order valence-corrected chi connectivity index (χ1v) is 9.13. The van der Waals surface area contributed by atoms with Crippen LogP contribution in [-0.2, 0) is 9.84 Å². The first kappa shape index (κ1) is 16.2. The number of halogens is 1. The summed E-state index contributed by atoms with van der Waals surface area (Å²) in [6.45, 7) is 4.64. The van der Waals surface area contributed by atoms with Gasteiger partial charge in [-0.15, -0.1) is 0 Å². The summed E-state index contributed by atoms with van der Waals surface area (Å²) in [7, 11) is -1.10. The lowest BCUT2D eigenvalue weighted by Gasteiger charge is -2.30. The van der Waals surface area contributed by atoms with E-state index in [2.05, 4.69) is 5.32 Å². The summed E-state index contributed by atoms with van der Waals surface area (Å²) in [4.78, 5) is 1.91. The number of benzene rings is 1. The molecule has 0 aromatic heterocycles. The second kappa shape index (κ2) is 6.32. The van der Waals surface area contributed by atoms with Gasteiger partial charge in [0.05, 0.1) is 11.5 Å². The van der Waals surface area contributed by atoms with Crippen molar-refractivity contribution in [2.75, 3.05) is 30.0 Å². The van der Waals surface area contributed by atoms with E-state index < -0.39 is 9.84 Å². The van der Waals surface area contributed by atoms with E-state index in [0.29, 0.717) is 12.0 Å². The molecule has 0 saturated carbocycles. The Hall–Kier alpha value is -1.14. The minimum atomic E-state index is -2.95. The van der Waals surface area contributed by atoms with E-state index in [9.17, 15) is 12.8 Å². The van der Waals surface area contributed by atoms with Gasteiger partial charge in [0, 0.05) is 30.4 Å². The van der Waals surface area contributed by atoms with Crippen LogP contribution in [0.15, 0.2) is 18.2 Å². The molecule has 2 rings (SSSR count). The molecule has 1 heterocycles. The van der Waals surface area contributed by atoms with E-state index in [1.54, 1.807) is 6.07 Å². The minimum Gasteiger partial charge on any atom is -0.370 e. The van der Waals surface area contributed by atoms with Crippen LogP contribution >= 0.6 is 0 Å². The van der Waals surface area contributed by atoms with Crippen molar-refractivity contribution in [2.45, 2.75) is 32.4 Å². The Balaban J connectivity index is 2.33. The zero-order chi connectivity index (χ0) is 15.6. The molecule has 1 fully saturated rings. The van der Waals surface area contributed by atoms with Gasteiger partial charge in [-0.2, -0.15) is 0 Å². The largest absolute Gasteiger partial charge is 0.370 e. The van der Waals surface area contributed by atoms with E-state index in [0.717, 1.165) is 12.2 Å². The fourth-order valence-corrected chi connectivity index (χ4v) is 4.72. The van der Waals surface area contributed by atoms with Crippen LogP contribution in [0.4, 0.5) is 10.1 Å². The van der Waals surface area contributed by atoms with E-state index in [-0.39, 0.29) is 29.4 Å². The number of hydrogen-bond donors (Lipinski definition) is 1. The molecular formula is C15H23FN2O2S. The highest BCUT2D eigenvalue weighted by molar-refractivity contribution is 7.91. The third-order valence-electron chi connectivity index (χ3n) is 4.11. The van der Waals surface area contributed by atoms with Gasteiger partial charge in [0.25, 0.3) is 0 Å². The van der Waals surface area contributed by atoms with Crippen LogP contribution in [0.5, 0.6) is 0 Å². The lowest BCUT2D eigenvalue weighted by molar-refractivity contribution is 0.537. The molecule has 1 aromatic carbocycles. The molecule has 0 aliphatic carbocycles. The minimum absolute atomic E-state index is 0.0793. The first-order chi connectivity index (χ1) is 9.85. The van der Waals surface area contributed by atoms with Gasteiger partial charge in [0.2, 0.25) is 0 Å². The van der Waals surface area contributed by atoms with Crippen molar-refractivity contribution in [1.82, 2.24) is 5.32 Å². The Kier molecular flexibility index (Phi) is 4.88. The van der Waals surface area contributed by atoms with Crippen LogP contribution in [0.2, 0.25) is 0 Å². The molecule has 4 nitrogen and oxygen atoms in total. The quantitative estimate of drug-likeness (QED) is 0.904. The molecule has 1 aromatic rings. The van der Waals surface area contributed by atoms with Crippen molar-refractivity contribution in [3.8, 4) is 0 Å². The summed E-state index contributed by atoms with van der Waals surface area (Å²) in [5.41, 5.74) is 1.37. The van der Waals surface area contributed by atoms with Gasteiger partial charge in [0.15, 0.2) is 9.84 Å². The summed E-state index contributed by atoms with van der Waals surface area (Å²) >= 11 is 0. The van der Waals surface area contributed by atoms with Crippen molar-refractivity contribution in [1.29, 1.82) is 0 Å². The zero-order valence-corrected chi connectivity index (χ0v) is 13.6. The van der Waals surface area contributed by atoms with Crippen molar-refractivity contribution in [3.63, 3.8) is 0 Å².